The SMILES string of the molecule is c1cnc2c(c1)OC1(CCC1)CN2. The van der Waals surface area contributed by atoms with E-state index in [4.69, 9.17) is 4.74 Å². The molecule has 1 aliphatic heterocycles. The van der Waals surface area contributed by atoms with Crippen molar-refractivity contribution < 1.29 is 4.74 Å². The molecular formula is C10H12N2O. The monoisotopic (exact) mass is 176 g/mol. The fourth-order valence-corrected chi connectivity index (χ4v) is 1.97. The zero-order valence-corrected chi connectivity index (χ0v) is 7.42. The second-order valence-electron chi connectivity index (χ2n) is 3.84. The summed E-state index contributed by atoms with van der Waals surface area (Å²) in [5, 5.41) is 3.32. The Morgan fingerprint density at radius 1 is 1.46 bits per heavy atom. The molecule has 0 atom stereocenters. The minimum atomic E-state index is 0.0933. The van der Waals surface area contributed by atoms with Crippen molar-refractivity contribution in [2.45, 2.75) is 24.9 Å². The molecule has 0 radical (unpaired) electrons. The molecule has 1 fully saturated rings. The number of ether oxygens (including phenoxy) is 1. The molecule has 1 aliphatic carbocycles. The van der Waals surface area contributed by atoms with E-state index >= 15 is 0 Å². The molecule has 68 valence electrons. The molecule has 0 saturated heterocycles. The number of pyridine rings is 1. The van der Waals surface area contributed by atoms with Gasteiger partial charge in [0.2, 0.25) is 0 Å². The van der Waals surface area contributed by atoms with Crippen LogP contribution in [0.15, 0.2) is 18.3 Å². The number of rotatable bonds is 0. The van der Waals surface area contributed by atoms with Gasteiger partial charge in [0.25, 0.3) is 0 Å². The van der Waals surface area contributed by atoms with Crippen molar-refractivity contribution in [1.29, 1.82) is 0 Å². The molecule has 1 N–H and O–H groups in total. The maximum Gasteiger partial charge on any atom is 0.168 e. The Kier molecular flexibility index (Phi) is 1.31. The lowest BCUT2D eigenvalue weighted by Crippen LogP contribution is -2.51. The van der Waals surface area contributed by atoms with Gasteiger partial charge in [-0.2, -0.15) is 0 Å². The Hall–Kier alpha value is -1.25. The predicted octanol–water partition coefficient (Wildman–Crippen LogP) is 1.81. The van der Waals surface area contributed by atoms with E-state index in [2.05, 4.69) is 10.3 Å². The normalized spacial score (nSPS) is 22.5. The Bertz CT molecular complexity index is 333. The van der Waals surface area contributed by atoms with Crippen LogP contribution in [-0.4, -0.2) is 17.1 Å². The van der Waals surface area contributed by atoms with Crippen LogP contribution in [0.5, 0.6) is 5.75 Å². The van der Waals surface area contributed by atoms with Crippen LogP contribution in [0.4, 0.5) is 5.82 Å². The predicted molar refractivity (Wildman–Crippen MR) is 49.9 cm³/mol. The fraction of sp³-hybridized carbons (Fsp3) is 0.500. The first-order valence-electron chi connectivity index (χ1n) is 4.76. The zero-order valence-electron chi connectivity index (χ0n) is 7.42. The van der Waals surface area contributed by atoms with Crippen LogP contribution in [0, 0.1) is 0 Å². The molecule has 2 heterocycles. The Morgan fingerprint density at radius 2 is 2.38 bits per heavy atom. The third-order valence-corrected chi connectivity index (χ3v) is 2.94. The lowest BCUT2D eigenvalue weighted by molar-refractivity contribution is -0.000357. The van der Waals surface area contributed by atoms with Crippen LogP contribution in [0.2, 0.25) is 0 Å². The highest BCUT2D eigenvalue weighted by molar-refractivity contribution is 5.52. The van der Waals surface area contributed by atoms with E-state index in [1.54, 1.807) is 6.20 Å². The molecule has 13 heavy (non-hydrogen) atoms. The van der Waals surface area contributed by atoms with E-state index in [-0.39, 0.29) is 5.60 Å². The molecule has 1 spiro atoms. The molecule has 0 aromatic carbocycles. The van der Waals surface area contributed by atoms with Gasteiger partial charge in [0.1, 0.15) is 5.60 Å². The standard InChI is InChI=1S/C10H12N2O/c1-3-8-9(11-6-1)12-7-10(13-8)4-2-5-10/h1,3,6H,2,4-5,7H2,(H,11,12). The quantitative estimate of drug-likeness (QED) is 0.654. The van der Waals surface area contributed by atoms with Gasteiger partial charge in [-0.1, -0.05) is 0 Å². The second-order valence-corrected chi connectivity index (χ2v) is 3.84. The average molecular weight is 176 g/mol. The van der Waals surface area contributed by atoms with Gasteiger partial charge in [-0.05, 0) is 31.4 Å². The molecule has 1 aromatic rings. The van der Waals surface area contributed by atoms with Crippen molar-refractivity contribution in [3.05, 3.63) is 18.3 Å². The molecule has 1 aromatic heterocycles. The fourth-order valence-electron chi connectivity index (χ4n) is 1.97. The largest absolute Gasteiger partial charge is 0.482 e. The first-order valence-corrected chi connectivity index (χ1v) is 4.76. The smallest absolute Gasteiger partial charge is 0.168 e. The molecule has 3 rings (SSSR count). The Balaban J connectivity index is 1.94. The summed E-state index contributed by atoms with van der Waals surface area (Å²) in [6, 6.07) is 3.90. The van der Waals surface area contributed by atoms with E-state index in [0.717, 1.165) is 18.1 Å². The Labute approximate surface area is 77.1 Å². The molecule has 3 nitrogen and oxygen atoms in total. The molecule has 0 amide bonds. The summed E-state index contributed by atoms with van der Waals surface area (Å²) < 4.78 is 5.93. The average Bonchev–Trinajstić information content (AvgIpc) is 2.15. The minimum Gasteiger partial charge on any atom is -0.482 e. The number of hydrogen-bond donors (Lipinski definition) is 1. The lowest BCUT2D eigenvalue weighted by atomic mass is 9.79. The van der Waals surface area contributed by atoms with Crippen LogP contribution in [0.25, 0.3) is 0 Å². The zero-order chi connectivity index (χ0) is 8.73. The molecule has 1 saturated carbocycles. The van der Waals surface area contributed by atoms with Gasteiger partial charge in [0.15, 0.2) is 11.6 Å². The van der Waals surface area contributed by atoms with Gasteiger partial charge >= 0.3 is 0 Å². The third-order valence-electron chi connectivity index (χ3n) is 2.94. The second kappa shape index (κ2) is 2.37. The first kappa shape index (κ1) is 7.18. The lowest BCUT2D eigenvalue weighted by Gasteiger charge is -2.44. The van der Waals surface area contributed by atoms with Gasteiger partial charge in [0, 0.05) is 6.20 Å². The van der Waals surface area contributed by atoms with E-state index in [1.165, 1.54) is 19.3 Å². The molecular weight excluding hydrogens is 164 g/mol. The summed E-state index contributed by atoms with van der Waals surface area (Å²) in [7, 11) is 0. The van der Waals surface area contributed by atoms with Crippen LogP contribution < -0.4 is 10.1 Å². The van der Waals surface area contributed by atoms with Crippen LogP contribution >= 0.6 is 0 Å². The third kappa shape index (κ3) is 0.996. The van der Waals surface area contributed by atoms with Gasteiger partial charge in [-0.15, -0.1) is 0 Å². The number of anilines is 1. The van der Waals surface area contributed by atoms with Gasteiger partial charge in [0.05, 0.1) is 6.54 Å². The van der Waals surface area contributed by atoms with Crippen molar-refractivity contribution in [2.24, 2.45) is 0 Å². The van der Waals surface area contributed by atoms with E-state index in [9.17, 15) is 0 Å². The first-order chi connectivity index (χ1) is 6.38. The van der Waals surface area contributed by atoms with E-state index in [0.29, 0.717) is 0 Å². The summed E-state index contributed by atoms with van der Waals surface area (Å²) >= 11 is 0. The van der Waals surface area contributed by atoms with Crippen molar-refractivity contribution in [3.63, 3.8) is 0 Å². The summed E-state index contributed by atoms with van der Waals surface area (Å²) in [6.07, 6.45) is 5.42. The van der Waals surface area contributed by atoms with E-state index in [1.807, 2.05) is 12.1 Å². The molecule has 0 unspecified atom stereocenters. The van der Waals surface area contributed by atoms with E-state index < -0.39 is 0 Å². The number of fused-ring (bicyclic) bond motifs is 1. The Morgan fingerprint density at radius 3 is 3.15 bits per heavy atom. The summed E-state index contributed by atoms with van der Waals surface area (Å²) in [6.45, 7) is 0.914. The molecule has 0 bridgehead atoms. The summed E-state index contributed by atoms with van der Waals surface area (Å²) in [5.41, 5.74) is 0.0933. The number of aromatic nitrogens is 1. The number of hydrogen-bond acceptors (Lipinski definition) is 3. The highest BCUT2D eigenvalue weighted by Crippen LogP contribution is 2.41. The maximum absolute atomic E-state index is 5.93. The number of nitrogens with one attached hydrogen (secondary N) is 1. The topological polar surface area (TPSA) is 34.1 Å². The minimum absolute atomic E-state index is 0.0933. The van der Waals surface area contributed by atoms with Gasteiger partial charge in [-0.25, -0.2) is 4.98 Å². The van der Waals surface area contributed by atoms with Crippen LogP contribution in [0.3, 0.4) is 0 Å². The molecule has 2 aliphatic rings. The van der Waals surface area contributed by atoms with Crippen LogP contribution in [0.1, 0.15) is 19.3 Å². The molecule has 3 heteroatoms. The van der Waals surface area contributed by atoms with Crippen molar-refractivity contribution in [3.8, 4) is 5.75 Å². The summed E-state index contributed by atoms with van der Waals surface area (Å²) in [5.74, 6) is 1.80. The number of nitrogens with zero attached hydrogens (tertiary/aromatic N) is 1. The van der Waals surface area contributed by atoms with Crippen LogP contribution in [-0.2, 0) is 0 Å². The highest BCUT2D eigenvalue weighted by atomic mass is 16.5. The van der Waals surface area contributed by atoms with Crippen molar-refractivity contribution in [2.75, 3.05) is 11.9 Å². The van der Waals surface area contributed by atoms with Gasteiger partial charge in [-0.3, -0.25) is 0 Å². The summed E-state index contributed by atoms with van der Waals surface area (Å²) in [4.78, 5) is 4.21. The highest BCUT2D eigenvalue weighted by Gasteiger charge is 2.42. The maximum atomic E-state index is 5.93. The van der Waals surface area contributed by atoms with Crippen molar-refractivity contribution >= 4 is 5.82 Å². The van der Waals surface area contributed by atoms with Crippen molar-refractivity contribution in [1.82, 2.24) is 4.98 Å². The van der Waals surface area contributed by atoms with Gasteiger partial charge < -0.3 is 10.1 Å².